The number of halogens is 2. The van der Waals surface area contributed by atoms with Crippen molar-refractivity contribution < 1.29 is 0 Å². The molecule has 0 aliphatic carbocycles. The van der Waals surface area contributed by atoms with Crippen LogP contribution in [0.3, 0.4) is 0 Å². The molecular weight excluding hydrogens is 222 g/mol. The summed E-state index contributed by atoms with van der Waals surface area (Å²) in [6.45, 7) is -0.928. The molecule has 0 spiro atoms. The summed E-state index contributed by atoms with van der Waals surface area (Å²) in [7, 11) is 0. The molecule has 0 heterocycles. The van der Waals surface area contributed by atoms with Gasteiger partial charge in [0.1, 0.15) is 0 Å². The van der Waals surface area contributed by atoms with Crippen LogP contribution >= 0.6 is 29.1 Å². The van der Waals surface area contributed by atoms with Crippen LogP contribution < -0.4 is 0 Å². The standard InChI is InChI=1S/C10H9Cl2P/c1-2-5-9-6-3-4-7-10(9)8-13(11)12/h1,3-4,6-7H,5,8H2. The second-order valence-corrected chi connectivity index (χ2v) is 6.50. The lowest BCUT2D eigenvalue weighted by molar-refractivity contribution is 1.23. The molecule has 0 amide bonds. The molecular formula is C10H9Cl2P. The van der Waals surface area contributed by atoms with E-state index in [2.05, 4.69) is 5.92 Å². The highest BCUT2D eigenvalue weighted by Crippen LogP contribution is 2.50. The Bertz CT molecular complexity index is 315. The van der Waals surface area contributed by atoms with Gasteiger partial charge in [-0.3, -0.25) is 0 Å². The first-order chi connectivity index (χ1) is 6.24. The van der Waals surface area contributed by atoms with E-state index >= 15 is 0 Å². The van der Waals surface area contributed by atoms with Gasteiger partial charge >= 0.3 is 0 Å². The summed E-state index contributed by atoms with van der Waals surface area (Å²) in [5.41, 5.74) is 2.32. The fourth-order valence-corrected chi connectivity index (χ4v) is 2.46. The van der Waals surface area contributed by atoms with Crippen LogP contribution in [0, 0.1) is 12.3 Å². The second kappa shape index (κ2) is 5.51. The largest absolute Gasteiger partial charge is 0.120 e. The van der Waals surface area contributed by atoms with E-state index in [1.807, 2.05) is 24.3 Å². The normalized spacial score (nSPS) is 10.0. The van der Waals surface area contributed by atoms with Crippen molar-refractivity contribution in [1.29, 1.82) is 0 Å². The lowest BCUT2D eigenvalue weighted by atomic mass is 10.1. The molecule has 0 unspecified atom stereocenters. The Labute approximate surface area is 89.6 Å². The molecule has 0 nitrogen and oxygen atoms in total. The van der Waals surface area contributed by atoms with Crippen molar-refractivity contribution >= 4 is 29.1 Å². The van der Waals surface area contributed by atoms with E-state index in [1.165, 1.54) is 0 Å². The van der Waals surface area contributed by atoms with Gasteiger partial charge < -0.3 is 0 Å². The molecule has 0 atom stereocenters. The summed E-state index contributed by atoms with van der Waals surface area (Å²) in [6.07, 6.45) is 6.61. The van der Waals surface area contributed by atoms with E-state index in [0.717, 1.165) is 17.3 Å². The maximum atomic E-state index is 5.76. The first-order valence-electron chi connectivity index (χ1n) is 3.83. The van der Waals surface area contributed by atoms with Crippen LogP contribution in [0.25, 0.3) is 0 Å². The highest BCUT2D eigenvalue weighted by molar-refractivity contribution is 8.03. The van der Waals surface area contributed by atoms with Crippen LogP contribution in [-0.4, -0.2) is 0 Å². The van der Waals surface area contributed by atoms with Crippen LogP contribution in [0.5, 0.6) is 0 Å². The van der Waals surface area contributed by atoms with Gasteiger partial charge in [0.05, 0.1) is 6.63 Å². The average molecular weight is 231 g/mol. The van der Waals surface area contributed by atoms with Gasteiger partial charge in [0, 0.05) is 12.6 Å². The van der Waals surface area contributed by atoms with Gasteiger partial charge in [0.15, 0.2) is 0 Å². The monoisotopic (exact) mass is 230 g/mol. The van der Waals surface area contributed by atoms with Gasteiger partial charge in [-0.15, -0.1) is 12.3 Å². The minimum atomic E-state index is -0.928. The molecule has 0 fully saturated rings. The zero-order valence-electron chi connectivity index (χ0n) is 7.00. The second-order valence-electron chi connectivity index (χ2n) is 2.61. The molecule has 0 bridgehead atoms. The van der Waals surface area contributed by atoms with Crippen molar-refractivity contribution in [3.63, 3.8) is 0 Å². The molecule has 1 rings (SSSR count). The first kappa shape index (κ1) is 10.9. The highest BCUT2D eigenvalue weighted by atomic mass is 35.9. The van der Waals surface area contributed by atoms with E-state index in [0.29, 0.717) is 6.42 Å². The van der Waals surface area contributed by atoms with Crippen LogP contribution in [0.15, 0.2) is 24.3 Å². The molecule has 0 radical (unpaired) electrons. The van der Waals surface area contributed by atoms with E-state index < -0.39 is 6.63 Å². The summed E-state index contributed by atoms with van der Waals surface area (Å²) in [4.78, 5) is 0. The molecule has 0 aliphatic heterocycles. The lowest BCUT2D eigenvalue weighted by Gasteiger charge is -2.06. The molecule has 0 saturated carbocycles. The Balaban J connectivity index is 2.85. The molecule has 0 saturated heterocycles. The molecule has 0 N–H and O–H groups in total. The summed E-state index contributed by atoms with van der Waals surface area (Å²) in [5, 5.41) is 0. The molecule has 68 valence electrons. The quantitative estimate of drug-likeness (QED) is 0.541. The maximum absolute atomic E-state index is 5.76. The van der Waals surface area contributed by atoms with Crippen molar-refractivity contribution in [3.8, 4) is 12.3 Å². The van der Waals surface area contributed by atoms with Gasteiger partial charge in [-0.2, -0.15) is 0 Å². The summed E-state index contributed by atoms with van der Waals surface area (Å²) in [6, 6.07) is 7.98. The average Bonchev–Trinajstić information content (AvgIpc) is 2.08. The topological polar surface area (TPSA) is 0 Å². The smallest absolute Gasteiger partial charge is 0.0899 e. The Morgan fingerprint density at radius 3 is 2.38 bits per heavy atom. The number of terminal acetylenes is 1. The van der Waals surface area contributed by atoms with Crippen molar-refractivity contribution in [2.24, 2.45) is 0 Å². The third-order valence-electron chi connectivity index (χ3n) is 1.70. The Kier molecular flexibility index (Phi) is 4.60. The molecule has 3 heteroatoms. The molecule has 0 aromatic heterocycles. The van der Waals surface area contributed by atoms with Crippen molar-refractivity contribution in [2.45, 2.75) is 12.6 Å². The predicted molar refractivity (Wildman–Crippen MR) is 61.3 cm³/mol. The molecule has 1 aromatic carbocycles. The van der Waals surface area contributed by atoms with E-state index in [4.69, 9.17) is 28.9 Å². The fraction of sp³-hybridized carbons (Fsp3) is 0.200. The van der Waals surface area contributed by atoms with Gasteiger partial charge in [0.2, 0.25) is 0 Å². The zero-order valence-corrected chi connectivity index (χ0v) is 9.41. The number of benzene rings is 1. The number of rotatable bonds is 3. The summed E-state index contributed by atoms with van der Waals surface area (Å²) >= 11 is 11.5. The summed E-state index contributed by atoms with van der Waals surface area (Å²) in [5.74, 6) is 2.62. The lowest BCUT2D eigenvalue weighted by Crippen LogP contribution is -1.89. The SMILES string of the molecule is C#CCc1ccccc1CP(Cl)Cl. The highest BCUT2D eigenvalue weighted by Gasteiger charge is 2.05. The number of hydrogen-bond acceptors (Lipinski definition) is 0. The minimum Gasteiger partial charge on any atom is -0.120 e. The third-order valence-corrected chi connectivity index (χ3v) is 3.00. The minimum absolute atomic E-state index is 0.646. The Hall–Kier alpha value is -0.210. The van der Waals surface area contributed by atoms with Crippen molar-refractivity contribution in [1.82, 2.24) is 0 Å². The number of hydrogen-bond donors (Lipinski definition) is 0. The first-order valence-corrected chi connectivity index (χ1v) is 7.17. The van der Waals surface area contributed by atoms with Gasteiger partial charge in [-0.1, -0.05) is 46.7 Å². The van der Waals surface area contributed by atoms with Crippen LogP contribution in [0.1, 0.15) is 11.1 Å². The van der Waals surface area contributed by atoms with Crippen LogP contribution in [0.4, 0.5) is 0 Å². The maximum Gasteiger partial charge on any atom is 0.0899 e. The van der Waals surface area contributed by atoms with Crippen LogP contribution in [0.2, 0.25) is 0 Å². The molecule has 0 aliphatic rings. The van der Waals surface area contributed by atoms with Crippen molar-refractivity contribution in [3.05, 3.63) is 35.4 Å². The van der Waals surface area contributed by atoms with E-state index in [1.54, 1.807) is 0 Å². The fourth-order valence-electron chi connectivity index (χ4n) is 1.12. The zero-order chi connectivity index (χ0) is 9.68. The van der Waals surface area contributed by atoms with E-state index in [9.17, 15) is 0 Å². The predicted octanol–water partition coefficient (Wildman–Crippen LogP) is 4.15. The third kappa shape index (κ3) is 3.57. The van der Waals surface area contributed by atoms with E-state index in [-0.39, 0.29) is 0 Å². The molecule has 1 aromatic rings. The van der Waals surface area contributed by atoms with Gasteiger partial charge in [-0.25, -0.2) is 0 Å². The van der Waals surface area contributed by atoms with Gasteiger partial charge in [0.25, 0.3) is 0 Å². The van der Waals surface area contributed by atoms with Crippen molar-refractivity contribution in [2.75, 3.05) is 0 Å². The Morgan fingerprint density at radius 1 is 1.23 bits per heavy atom. The summed E-state index contributed by atoms with van der Waals surface area (Å²) < 4.78 is 0. The van der Waals surface area contributed by atoms with Gasteiger partial charge in [-0.05, 0) is 11.1 Å². The Morgan fingerprint density at radius 2 is 1.85 bits per heavy atom. The molecule has 13 heavy (non-hydrogen) atoms. The van der Waals surface area contributed by atoms with Crippen LogP contribution in [-0.2, 0) is 12.6 Å².